The molecule has 2 aromatic heterocycles. The van der Waals surface area contributed by atoms with Crippen LogP contribution in [-0.2, 0) is 20.3 Å². The standard InChI is InChI=1S/C27H32N8O3S/c28-11-8-27(9-13-34(14-10-27)39(36,37)24-5-6-24)35-20-21(19-30-35)25-7-12-29-26(32-25)31-22-1-3-23(4-2-22)33-15-17-38-18-16-33/h1-4,7,12,19-20,24H,5-6,8-10,13-18H2,(H,29,31,32). The molecule has 11 nitrogen and oxygen atoms in total. The number of nitriles is 1. The Bertz CT molecular complexity index is 1450. The van der Waals surface area contributed by atoms with Gasteiger partial charge < -0.3 is 15.0 Å². The van der Waals surface area contributed by atoms with Crippen molar-refractivity contribution in [1.82, 2.24) is 24.1 Å². The summed E-state index contributed by atoms with van der Waals surface area (Å²) in [5.41, 5.74) is 3.03. The molecule has 0 radical (unpaired) electrons. The van der Waals surface area contributed by atoms with Crippen LogP contribution in [0.2, 0.25) is 0 Å². The van der Waals surface area contributed by atoms with Crippen LogP contribution < -0.4 is 10.2 Å². The fourth-order valence-corrected chi connectivity index (χ4v) is 7.21. The minimum absolute atomic E-state index is 0.222. The molecule has 39 heavy (non-hydrogen) atoms. The van der Waals surface area contributed by atoms with E-state index in [-0.39, 0.29) is 11.7 Å². The number of hydrogen-bond acceptors (Lipinski definition) is 9. The average Bonchev–Trinajstić information content (AvgIpc) is 3.72. The van der Waals surface area contributed by atoms with Crippen molar-refractivity contribution < 1.29 is 13.2 Å². The van der Waals surface area contributed by atoms with Crippen LogP contribution in [0.4, 0.5) is 17.3 Å². The summed E-state index contributed by atoms with van der Waals surface area (Å²) in [6.07, 6.45) is 8.22. The Morgan fingerprint density at radius 3 is 2.51 bits per heavy atom. The van der Waals surface area contributed by atoms with Crippen LogP contribution in [0, 0.1) is 11.3 Å². The third kappa shape index (κ3) is 5.34. The molecule has 0 spiro atoms. The zero-order valence-corrected chi connectivity index (χ0v) is 22.6. The van der Waals surface area contributed by atoms with Gasteiger partial charge in [-0.05, 0) is 56.0 Å². The molecule has 3 aromatic rings. The van der Waals surface area contributed by atoms with E-state index in [1.807, 2.05) is 29.1 Å². The lowest BCUT2D eigenvalue weighted by Crippen LogP contribution is -2.48. The summed E-state index contributed by atoms with van der Waals surface area (Å²) in [6.45, 7) is 4.08. The topological polar surface area (TPSA) is 129 Å². The Morgan fingerprint density at radius 2 is 1.82 bits per heavy atom. The lowest BCUT2D eigenvalue weighted by Gasteiger charge is -2.40. The molecule has 1 aliphatic carbocycles. The van der Waals surface area contributed by atoms with Gasteiger partial charge in [-0.1, -0.05) is 0 Å². The molecule has 6 rings (SSSR count). The predicted molar refractivity (Wildman–Crippen MR) is 147 cm³/mol. The third-order valence-electron chi connectivity index (χ3n) is 7.89. The molecule has 0 bridgehead atoms. The molecular weight excluding hydrogens is 516 g/mol. The van der Waals surface area contributed by atoms with Crippen LogP contribution in [0.5, 0.6) is 0 Å². The van der Waals surface area contributed by atoms with Gasteiger partial charge >= 0.3 is 0 Å². The third-order valence-corrected chi connectivity index (χ3v) is 10.3. The lowest BCUT2D eigenvalue weighted by atomic mass is 9.85. The van der Waals surface area contributed by atoms with E-state index in [9.17, 15) is 13.7 Å². The second-order valence-corrected chi connectivity index (χ2v) is 12.6. The second kappa shape index (κ2) is 10.6. The monoisotopic (exact) mass is 548 g/mol. The molecule has 204 valence electrons. The molecule has 4 heterocycles. The van der Waals surface area contributed by atoms with E-state index >= 15 is 0 Å². The molecule has 1 aromatic carbocycles. The molecule has 12 heteroatoms. The molecule has 0 atom stereocenters. The van der Waals surface area contributed by atoms with Crippen LogP contribution in [0.1, 0.15) is 32.1 Å². The van der Waals surface area contributed by atoms with Gasteiger partial charge in [0.25, 0.3) is 0 Å². The van der Waals surface area contributed by atoms with Gasteiger partial charge in [0.1, 0.15) is 0 Å². The highest BCUT2D eigenvalue weighted by Crippen LogP contribution is 2.38. The number of piperidine rings is 1. The van der Waals surface area contributed by atoms with Crippen LogP contribution >= 0.6 is 0 Å². The average molecular weight is 549 g/mol. The minimum Gasteiger partial charge on any atom is -0.378 e. The Kier molecular flexibility index (Phi) is 6.97. The van der Waals surface area contributed by atoms with Crippen molar-refractivity contribution >= 4 is 27.3 Å². The van der Waals surface area contributed by atoms with Gasteiger partial charge in [0.15, 0.2) is 0 Å². The lowest BCUT2D eigenvalue weighted by molar-refractivity contribution is 0.122. The first-order valence-electron chi connectivity index (χ1n) is 13.4. The number of anilines is 3. The molecule has 0 unspecified atom stereocenters. The molecule has 0 amide bonds. The van der Waals surface area contributed by atoms with E-state index in [4.69, 9.17) is 9.72 Å². The maximum absolute atomic E-state index is 12.7. The van der Waals surface area contributed by atoms with Crippen molar-refractivity contribution in [3.8, 4) is 17.3 Å². The number of hydrogen-bond donors (Lipinski definition) is 1. The zero-order valence-electron chi connectivity index (χ0n) is 21.7. The summed E-state index contributed by atoms with van der Waals surface area (Å²) in [4.78, 5) is 11.4. The van der Waals surface area contributed by atoms with Crippen LogP contribution in [0.15, 0.2) is 48.9 Å². The molecule has 3 fully saturated rings. The second-order valence-electron chi connectivity index (χ2n) is 10.4. The Morgan fingerprint density at radius 1 is 1.08 bits per heavy atom. The molecule has 1 N–H and O–H groups in total. The fourth-order valence-electron chi connectivity index (χ4n) is 5.37. The predicted octanol–water partition coefficient (Wildman–Crippen LogP) is 3.12. The summed E-state index contributed by atoms with van der Waals surface area (Å²) in [5.74, 6) is 0.477. The van der Waals surface area contributed by atoms with Gasteiger partial charge in [0, 0.05) is 55.5 Å². The highest BCUT2D eigenvalue weighted by atomic mass is 32.2. The van der Waals surface area contributed by atoms with E-state index in [1.54, 1.807) is 16.7 Å². The maximum atomic E-state index is 12.7. The number of ether oxygens (including phenoxy) is 1. The van der Waals surface area contributed by atoms with Gasteiger partial charge in [0.05, 0.1) is 48.4 Å². The van der Waals surface area contributed by atoms with Gasteiger partial charge in [-0.3, -0.25) is 4.68 Å². The smallest absolute Gasteiger partial charge is 0.227 e. The van der Waals surface area contributed by atoms with E-state index in [2.05, 4.69) is 38.5 Å². The largest absolute Gasteiger partial charge is 0.378 e. The Labute approximate surface area is 228 Å². The molecule has 2 aliphatic heterocycles. The van der Waals surface area contributed by atoms with E-state index in [1.165, 1.54) is 0 Å². The van der Waals surface area contributed by atoms with Gasteiger partial charge in [-0.2, -0.15) is 10.4 Å². The van der Waals surface area contributed by atoms with Crippen molar-refractivity contribution in [3.63, 3.8) is 0 Å². The van der Waals surface area contributed by atoms with E-state index in [0.717, 1.165) is 56.1 Å². The summed E-state index contributed by atoms with van der Waals surface area (Å²) in [5, 5.41) is 17.3. The fraction of sp³-hybridized carbons (Fsp3) is 0.481. The number of morpholine rings is 1. The van der Waals surface area contributed by atoms with Gasteiger partial charge in [0.2, 0.25) is 16.0 Å². The van der Waals surface area contributed by atoms with Crippen molar-refractivity contribution in [2.24, 2.45) is 0 Å². The van der Waals surface area contributed by atoms with Gasteiger partial charge in [-0.25, -0.2) is 22.7 Å². The SMILES string of the molecule is N#CCC1(n2cc(-c3ccnc(Nc4ccc(N5CCOCC5)cc4)n3)cn2)CCN(S(=O)(=O)C2CC2)CC1. The highest BCUT2D eigenvalue weighted by molar-refractivity contribution is 7.90. The van der Waals surface area contributed by atoms with E-state index in [0.29, 0.717) is 37.6 Å². The first-order valence-corrected chi connectivity index (χ1v) is 14.9. The number of aromatic nitrogens is 4. The number of nitrogens with zero attached hydrogens (tertiary/aromatic N) is 7. The highest BCUT2D eigenvalue weighted by Gasteiger charge is 2.45. The van der Waals surface area contributed by atoms with E-state index < -0.39 is 15.6 Å². The Balaban J connectivity index is 1.15. The number of benzene rings is 1. The quantitative estimate of drug-likeness (QED) is 0.451. The number of nitrogens with one attached hydrogen (secondary N) is 1. The maximum Gasteiger partial charge on any atom is 0.227 e. The number of rotatable bonds is 8. The Hall–Kier alpha value is -3.53. The number of sulfonamides is 1. The van der Waals surface area contributed by atoms with Crippen molar-refractivity contribution in [2.45, 2.75) is 42.9 Å². The van der Waals surface area contributed by atoms with Crippen LogP contribution in [0.3, 0.4) is 0 Å². The van der Waals surface area contributed by atoms with Crippen molar-refractivity contribution in [1.29, 1.82) is 5.26 Å². The first-order chi connectivity index (χ1) is 19.0. The summed E-state index contributed by atoms with van der Waals surface area (Å²) < 4.78 is 34.3. The first kappa shape index (κ1) is 25.7. The summed E-state index contributed by atoms with van der Waals surface area (Å²) in [7, 11) is -3.22. The van der Waals surface area contributed by atoms with Crippen molar-refractivity contribution in [3.05, 3.63) is 48.9 Å². The minimum atomic E-state index is -3.22. The van der Waals surface area contributed by atoms with Crippen LogP contribution in [-0.4, -0.2) is 77.1 Å². The summed E-state index contributed by atoms with van der Waals surface area (Å²) in [6, 6.07) is 12.3. The molecule has 1 saturated carbocycles. The summed E-state index contributed by atoms with van der Waals surface area (Å²) >= 11 is 0. The van der Waals surface area contributed by atoms with Crippen molar-refractivity contribution in [2.75, 3.05) is 49.6 Å². The van der Waals surface area contributed by atoms with Crippen LogP contribution in [0.25, 0.3) is 11.3 Å². The van der Waals surface area contributed by atoms with Gasteiger partial charge in [-0.15, -0.1) is 0 Å². The molecule has 3 aliphatic rings. The molecule has 2 saturated heterocycles. The normalized spacial score (nSPS) is 19.9. The molecular formula is C27H32N8O3S. The zero-order chi connectivity index (χ0) is 26.9.